The standard InChI is InChI=1S/C57H46N6O10/c1-5-7-12-30(6-2)27-59-48(64)38-25-40-41(26-39(38)49(59)65)57(73)63(56(40)72)62-54(70)36-17-15-34-46-35(16-18-37(47(36)46)55(62)71)53(69)61(52(34)68)44-24-28(3)43(23-29(44)4)60-50(66)32-14-11-13-31-42(58-21-9-8-10-22-58)20-19-33(45(31)32)51(60)67/h11,13-20,23-26,30H,5-10,12,21-22,27H2,1-4H3. The molecule has 0 aliphatic carbocycles. The molecule has 8 aromatic rings. The molecule has 0 spiro atoms. The van der Waals surface area contributed by atoms with E-state index < -0.39 is 57.7 Å². The van der Waals surface area contributed by atoms with Gasteiger partial charge in [-0.1, -0.05) is 45.2 Å². The molecule has 364 valence electrons. The number of unbranched alkanes of at least 4 members (excludes halogenated alkanes) is 1. The maximum absolute atomic E-state index is 14.6. The zero-order chi connectivity index (χ0) is 51.0. The van der Waals surface area contributed by atoms with Gasteiger partial charge in [0.05, 0.1) is 44.0 Å². The monoisotopic (exact) mass is 974 g/mol. The summed E-state index contributed by atoms with van der Waals surface area (Å²) >= 11 is 0. The van der Waals surface area contributed by atoms with Crippen molar-refractivity contribution < 1.29 is 28.8 Å². The number of carbonyl (C=O) groups excluding carboxylic acids is 6. The van der Waals surface area contributed by atoms with Crippen molar-refractivity contribution in [2.45, 2.75) is 79.2 Å². The lowest BCUT2D eigenvalue weighted by atomic mass is 9.86. The van der Waals surface area contributed by atoms with Crippen LogP contribution in [0.2, 0.25) is 0 Å². The molecular formula is C57H46N6O10. The van der Waals surface area contributed by atoms with Crippen LogP contribution in [0.1, 0.15) is 132 Å². The molecule has 4 aliphatic rings. The number of rotatable bonds is 10. The van der Waals surface area contributed by atoms with Crippen LogP contribution in [0.15, 0.2) is 98.0 Å². The molecule has 73 heavy (non-hydrogen) atoms. The number of imide groups is 3. The summed E-state index contributed by atoms with van der Waals surface area (Å²) in [5.74, 6) is -4.62. The molecule has 4 aliphatic heterocycles. The van der Waals surface area contributed by atoms with Gasteiger partial charge in [-0.25, -0.2) is 9.80 Å². The number of aromatic nitrogens is 2. The maximum atomic E-state index is 14.6. The second kappa shape index (κ2) is 16.4. The number of amides is 6. The smallest absolute Gasteiger partial charge is 0.281 e. The van der Waals surface area contributed by atoms with Crippen molar-refractivity contribution in [3.8, 4) is 0 Å². The van der Waals surface area contributed by atoms with Gasteiger partial charge in [-0.05, 0) is 123 Å². The topological polar surface area (TPSA) is 194 Å². The number of hydrogen-bond acceptors (Lipinski definition) is 11. The lowest BCUT2D eigenvalue weighted by molar-refractivity contribution is 0.0840. The van der Waals surface area contributed by atoms with Gasteiger partial charge in [-0.2, -0.15) is 9.69 Å². The Morgan fingerprint density at radius 2 is 0.918 bits per heavy atom. The van der Waals surface area contributed by atoms with Crippen LogP contribution in [0.4, 0.5) is 17.1 Å². The third kappa shape index (κ3) is 6.31. The first kappa shape index (κ1) is 45.5. The van der Waals surface area contributed by atoms with Gasteiger partial charge >= 0.3 is 0 Å². The first-order valence-corrected chi connectivity index (χ1v) is 24.8. The number of anilines is 3. The third-order valence-corrected chi connectivity index (χ3v) is 15.6. The summed E-state index contributed by atoms with van der Waals surface area (Å²) in [6.07, 6.45) is 6.73. The molecule has 1 atom stereocenters. The number of benzene rings is 6. The predicted molar refractivity (Wildman–Crippen MR) is 277 cm³/mol. The number of piperidine rings is 1. The van der Waals surface area contributed by atoms with E-state index in [1.807, 2.05) is 25.1 Å². The minimum Gasteiger partial charge on any atom is -0.371 e. The molecule has 16 nitrogen and oxygen atoms in total. The fourth-order valence-corrected chi connectivity index (χ4v) is 11.8. The summed E-state index contributed by atoms with van der Waals surface area (Å²) in [6, 6.07) is 20.0. The molecule has 0 saturated carbocycles. The van der Waals surface area contributed by atoms with Crippen molar-refractivity contribution in [3.63, 3.8) is 0 Å². The quantitative estimate of drug-likeness (QED) is 0.123. The van der Waals surface area contributed by atoms with Crippen LogP contribution in [0.25, 0.3) is 43.1 Å². The third-order valence-electron chi connectivity index (χ3n) is 15.6. The van der Waals surface area contributed by atoms with Crippen LogP contribution in [-0.2, 0) is 6.54 Å². The molecular weight excluding hydrogens is 929 g/mol. The van der Waals surface area contributed by atoms with Crippen LogP contribution < -0.4 is 41.9 Å². The molecule has 16 heteroatoms. The highest BCUT2D eigenvalue weighted by atomic mass is 16.2. The summed E-state index contributed by atoms with van der Waals surface area (Å²) in [6.45, 7) is 9.35. The Balaban J connectivity index is 0.877. The molecule has 0 radical (unpaired) electrons. The van der Waals surface area contributed by atoms with E-state index in [1.54, 1.807) is 38.1 Å². The molecule has 1 saturated heterocycles. The second-order valence-electron chi connectivity index (χ2n) is 19.7. The number of fused-ring (bicyclic) bond motifs is 2. The van der Waals surface area contributed by atoms with E-state index in [0.717, 1.165) is 83.5 Å². The summed E-state index contributed by atoms with van der Waals surface area (Å²) in [4.78, 5) is 147. The van der Waals surface area contributed by atoms with Crippen molar-refractivity contribution in [2.75, 3.05) is 32.8 Å². The highest BCUT2D eigenvalue weighted by molar-refractivity contribution is 6.41. The SMILES string of the molecule is CCCCC(CC)Cn1c(=O)c2cc3c(=O)n(N4C(=O)c5ccc6c7c(ccc(c57)C4=O)C(=O)N(c4cc(C)c(N5C(=O)c7cccc8c(N9CCCCC9)ccc(c78)C5=O)cc4C)C6=O)c(=O)c3cc2c1=O. The van der Waals surface area contributed by atoms with E-state index in [1.165, 1.54) is 36.4 Å². The van der Waals surface area contributed by atoms with E-state index in [-0.39, 0.29) is 78.4 Å². The van der Waals surface area contributed by atoms with Crippen LogP contribution in [0, 0.1) is 19.8 Å². The molecule has 12 rings (SSSR count). The predicted octanol–water partition coefficient (Wildman–Crippen LogP) is 7.58. The summed E-state index contributed by atoms with van der Waals surface area (Å²) in [5, 5.41) is 1.27. The minimum absolute atomic E-state index is 0.00497. The Kier molecular flexibility index (Phi) is 10.2. The molecule has 2 aromatic heterocycles. The van der Waals surface area contributed by atoms with Gasteiger partial charge in [-0.3, -0.25) is 52.5 Å². The molecule has 1 fully saturated rings. The Labute approximate surface area is 414 Å². The van der Waals surface area contributed by atoms with Gasteiger partial charge in [-0.15, -0.1) is 0 Å². The van der Waals surface area contributed by atoms with E-state index >= 15 is 0 Å². The van der Waals surface area contributed by atoms with E-state index in [0.29, 0.717) is 37.3 Å². The van der Waals surface area contributed by atoms with E-state index in [2.05, 4.69) is 11.8 Å². The summed E-state index contributed by atoms with van der Waals surface area (Å²) in [5.41, 5.74) is -0.594. The highest BCUT2D eigenvalue weighted by Crippen LogP contribution is 2.43. The van der Waals surface area contributed by atoms with Crippen molar-refractivity contribution in [3.05, 3.63) is 165 Å². The molecule has 6 amide bonds. The van der Waals surface area contributed by atoms with Gasteiger partial charge < -0.3 is 4.90 Å². The van der Waals surface area contributed by atoms with Crippen molar-refractivity contribution in [1.29, 1.82) is 0 Å². The van der Waals surface area contributed by atoms with Crippen molar-refractivity contribution in [2.24, 2.45) is 5.92 Å². The fourth-order valence-electron chi connectivity index (χ4n) is 11.8. The Bertz CT molecular complexity index is 3960. The van der Waals surface area contributed by atoms with Gasteiger partial charge in [0.2, 0.25) is 0 Å². The van der Waals surface area contributed by atoms with Crippen molar-refractivity contribution in [1.82, 2.24) is 9.24 Å². The first-order valence-electron chi connectivity index (χ1n) is 24.8. The van der Waals surface area contributed by atoms with Crippen LogP contribution in [0.3, 0.4) is 0 Å². The van der Waals surface area contributed by atoms with Crippen LogP contribution in [0.5, 0.6) is 0 Å². The van der Waals surface area contributed by atoms with Gasteiger partial charge in [0.25, 0.3) is 57.7 Å². The molecule has 1 unspecified atom stereocenters. The summed E-state index contributed by atoms with van der Waals surface area (Å²) in [7, 11) is 0. The molecule has 0 N–H and O–H groups in total. The van der Waals surface area contributed by atoms with Crippen LogP contribution >= 0.6 is 0 Å². The fraction of sp³-hybridized carbons (Fsp3) is 0.263. The number of carbonyl (C=O) groups is 6. The Hall–Kier alpha value is -8.66. The van der Waals surface area contributed by atoms with E-state index in [4.69, 9.17) is 0 Å². The van der Waals surface area contributed by atoms with Crippen molar-refractivity contribution >= 4 is 95.6 Å². The Morgan fingerprint density at radius 1 is 0.466 bits per heavy atom. The average molecular weight is 975 g/mol. The van der Waals surface area contributed by atoms with Gasteiger partial charge in [0.1, 0.15) is 0 Å². The summed E-state index contributed by atoms with van der Waals surface area (Å²) < 4.78 is 1.54. The van der Waals surface area contributed by atoms with E-state index in [9.17, 15) is 47.9 Å². The number of hydrogen-bond donors (Lipinski definition) is 0. The highest BCUT2D eigenvalue weighted by Gasteiger charge is 2.43. The molecule has 0 bridgehead atoms. The maximum Gasteiger partial charge on any atom is 0.281 e. The lowest BCUT2D eigenvalue weighted by Crippen LogP contribution is -2.55. The lowest BCUT2D eigenvalue weighted by Gasteiger charge is -2.34. The normalized spacial score (nSPS) is 16.2. The molecule has 6 aromatic carbocycles. The largest absolute Gasteiger partial charge is 0.371 e. The second-order valence-corrected chi connectivity index (χ2v) is 19.7. The zero-order valence-corrected chi connectivity index (χ0v) is 40.4. The number of nitrogens with zero attached hydrogens (tertiary/aromatic N) is 6. The zero-order valence-electron chi connectivity index (χ0n) is 40.4. The minimum atomic E-state index is -1.08. The number of aryl methyl sites for hydroxylation is 2. The van der Waals surface area contributed by atoms with Gasteiger partial charge in [0, 0.05) is 69.1 Å². The van der Waals surface area contributed by atoms with Crippen LogP contribution in [-0.4, -0.2) is 57.8 Å². The Morgan fingerprint density at radius 3 is 1.41 bits per heavy atom. The average Bonchev–Trinajstić information content (AvgIpc) is 3.77. The van der Waals surface area contributed by atoms with Gasteiger partial charge in [0.15, 0.2) is 0 Å². The molecule has 6 heterocycles. The first-order chi connectivity index (χ1) is 35.2.